The Balaban J connectivity index is 1.59. The summed E-state index contributed by atoms with van der Waals surface area (Å²) < 4.78 is 1.93. The topological polar surface area (TPSA) is 50.2 Å². The highest BCUT2D eigenvalue weighted by molar-refractivity contribution is 6.02. The third-order valence-electron chi connectivity index (χ3n) is 5.23. The van der Waals surface area contributed by atoms with Gasteiger partial charge in [-0.2, -0.15) is 0 Å². The molecule has 0 aliphatic carbocycles. The van der Waals surface area contributed by atoms with E-state index >= 15 is 0 Å². The summed E-state index contributed by atoms with van der Waals surface area (Å²) in [5, 5.41) is 3.01. The summed E-state index contributed by atoms with van der Waals surface area (Å²) in [6, 6.07) is 16.2. The number of likely N-dealkylation sites (N-methyl/N-ethyl adjacent to an activating group) is 1. The zero-order valence-corrected chi connectivity index (χ0v) is 16.0. The van der Waals surface area contributed by atoms with E-state index in [2.05, 4.69) is 47.4 Å². The maximum absolute atomic E-state index is 12.8. The van der Waals surface area contributed by atoms with Crippen LogP contribution in [0.2, 0.25) is 0 Å². The van der Waals surface area contributed by atoms with E-state index in [-0.39, 0.29) is 5.91 Å². The molecule has 0 atom stereocenters. The molecular weight excluding hydrogens is 336 g/mol. The molecule has 0 unspecified atom stereocenters. The monoisotopic (exact) mass is 360 g/mol. The van der Waals surface area contributed by atoms with Crippen LogP contribution in [0.3, 0.4) is 0 Å². The number of carbonyl (C=O) groups excluding carboxylic acids is 1. The quantitative estimate of drug-likeness (QED) is 0.776. The van der Waals surface area contributed by atoms with Crippen molar-refractivity contribution in [3.63, 3.8) is 0 Å². The van der Waals surface area contributed by atoms with Crippen LogP contribution < -0.4 is 5.32 Å². The van der Waals surface area contributed by atoms with Crippen LogP contribution in [0.1, 0.15) is 27.6 Å². The van der Waals surface area contributed by atoms with Gasteiger partial charge in [0.25, 0.3) is 5.91 Å². The molecule has 1 amide bonds. The number of hydrogen-bond acceptors (Lipinski definition) is 3. The lowest BCUT2D eigenvalue weighted by atomic mass is 10.0. The molecular formula is C22H24N4O. The second kappa shape index (κ2) is 7.00. The molecule has 5 nitrogen and oxygen atoms in total. The summed E-state index contributed by atoms with van der Waals surface area (Å²) in [6.45, 7) is 3.88. The standard InChI is InChI=1S/C22H24N4O/c1-15-7-4-5-10-18(15)16-8-6-9-17(13-16)23-22(27)21-24-19-14-25(2)12-11-20(19)26(21)3/h4-10,13H,11-12,14H2,1-3H3,(H,23,27). The van der Waals surface area contributed by atoms with Crippen molar-refractivity contribution in [3.8, 4) is 11.1 Å². The molecule has 0 saturated heterocycles. The summed E-state index contributed by atoms with van der Waals surface area (Å²) in [4.78, 5) is 19.7. The van der Waals surface area contributed by atoms with E-state index in [9.17, 15) is 4.79 Å². The molecule has 3 aromatic rings. The number of amides is 1. The maximum atomic E-state index is 12.8. The SMILES string of the molecule is Cc1ccccc1-c1cccc(NC(=O)c2nc3c(n2C)CCN(C)C3)c1. The molecule has 1 aromatic heterocycles. The van der Waals surface area contributed by atoms with Gasteiger partial charge in [0.05, 0.1) is 5.69 Å². The number of aryl methyl sites for hydroxylation is 1. The number of benzene rings is 2. The van der Waals surface area contributed by atoms with Crippen LogP contribution in [0.4, 0.5) is 5.69 Å². The van der Waals surface area contributed by atoms with Gasteiger partial charge in [0.15, 0.2) is 5.82 Å². The molecule has 0 saturated carbocycles. The fourth-order valence-electron chi connectivity index (χ4n) is 3.71. The molecule has 4 rings (SSSR count). The van der Waals surface area contributed by atoms with E-state index in [4.69, 9.17) is 0 Å². The molecule has 1 N–H and O–H groups in total. The lowest BCUT2D eigenvalue weighted by Gasteiger charge is -2.21. The summed E-state index contributed by atoms with van der Waals surface area (Å²) >= 11 is 0. The minimum Gasteiger partial charge on any atom is -0.327 e. The molecule has 138 valence electrons. The van der Waals surface area contributed by atoms with Crippen molar-refractivity contribution in [2.45, 2.75) is 19.9 Å². The first-order chi connectivity index (χ1) is 13.0. The third-order valence-corrected chi connectivity index (χ3v) is 5.23. The summed E-state index contributed by atoms with van der Waals surface area (Å²) in [7, 11) is 4.00. The highest BCUT2D eigenvalue weighted by Gasteiger charge is 2.23. The first-order valence-electron chi connectivity index (χ1n) is 9.23. The van der Waals surface area contributed by atoms with Crippen LogP contribution in [0.25, 0.3) is 11.1 Å². The van der Waals surface area contributed by atoms with E-state index in [0.717, 1.165) is 42.1 Å². The Hall–Kier alpha value is -2.92. The van der Waals surface area contributed by atoms with E-state index in [0.29, 0.717) is 5.82 Å². The van der Waals surface area contributed by atoms with Gasteiger partial charge in [-0.3, -0.25) is 4.79 Å². The highest BCUT2D eigenvalue weighted by atomic mass is 16.2. The van der Waals surface area contributed by atoms with Crippen molar-refractivity contribution >= 4 is 11.6 Å². The first kappa shape index (κ1) is 17.5. The fraction of sp³-hybridized carbons (Fsp3) is 0.273. The minimum absolute atomic E-state index is 0.170. The number of fused-ring (bicyclic) bond motifs is 1. The van der Waals surface area contributed by atoms with Crippen molar-refractivity contribution in [1.29, 1.82) is 0 Å². The number of carbonyl (C=O) groups is 1. The van der Waals surface area contributed by atoms with E-state index in [1.807, 2.05) is 41.9 Å². The second-order valence-corrected chi connectivity index (χ2v) is 7.23. The van der Waals surface area contributed by atoms with Gasteiger partial charge in [-0.25, -0.2) is 4.98 Å². The van der Waals surface area contributed by atoms with Gasteiger partial charge in [-0.15, -0.1) is 0 Å². The van der Waals surface area contributed by atoms with Crippen LogP contribution in [0.5, 0.6) is 0 Å². The van der Waals surface area contributed by atoms with Gasteiger partial charge < -0.3 is 14.8 Å². The smallest absolute Gasteiger partial charge is 0.291 e. The van der Waals surface area contributed by atoms with Gasteiger partial charge in [0.1, 0.15) is 0 Å². The minimum atomic E-state index is -0.170. The Bertz CT molecular complexity index is 1010. The van der Waals surface area contributed by atoms with Crippen molar-refractivity contribution in [1.82, 2.24) is 14.5 Å². The number of aromatic nitrogens is 2. The van der Waals surface area contributed by atoms with E-state index < -0.39 is 0 Å². The average molecular weight is 360 g/mol. The van der Waals surface area contributed by atoms with Crippen LogP contribution in [0.15, 0.2) is 48.5 Å². The molecule has 0 fully saturated rings. The molecule has 0 radical (unpaired) electrons. The van der Waals surface area contributed by atoms with Crippen LogP contribution in [-0.4, -0.2) is 34.0 Å². The number of nitrogens with one attached hydrogen (secondary N) is 1. The highest BCUT2D eigenvalue weighted by Crippen LogP contribution is 2.26. The number of nitrogens with zero attached hydrogens (tertiary/aromatic N) is 3. The van der Waals surface area contributed by atoms with Crippen molar-refractivity contribution in [2.75, 3.05) is 18.9 Å². The maximum Gasteiger partial charge on any atom is 0.291 e. The molecule has 27 heavy (non-hydrogen) atoms. The van der Waals surface area contributed by atoms with Gasteiger partial charge >= 0.3 is 0 Å². The molecule has 1 aliphatic rings. The second-order valence-electron chi connectivity index (χ2n) is 7.23. The summed E-state index contributed by atoms with van der Waals surface area (Å²) in [6.07, 6.45) is 0.922. The summed E-state index contributed by atoms with van der Waals surface area (Å²) in [5.41, 5.74) is 6.41. The van der Waals surface area contributed by atoms with Crippen molar-refractivity contribution < 1.29 is 4.79 Å². The Morgan fingerprint density at radius 1 is 1.11 bits per heavy atom. The molecule has 5 heteroatoms. The first-order valence-corrected chi connectivity index (χ1v) is 9.23. The molecule has 0 spiro atoms. The fourth-order valence-corrected chi connectivity index (χ4v) is 3.71. The Kier molecular flexibility index (Phi) is 4.54. The third kappa shape index (κ3) is 3.38. The van der Waals surface area contributed by atoms with Gasteiger partial charge in [-0.1, -0.05) is 36.4 Å². The number of imidazole rings is 1. The van der Waals surface area contributed by atoms with Crippen LogP contribution in [0, 0.1) is 6.92 Å². The Morgan fingerprint density at radius 3 is 2.74 bits per heavy atom. The van der Waals surface area contributed by atoms with Gasteiger partial charge in [0, 0.05) is 37.9 Å². The zero-order chi connectivity index (χ0) is 19.0. The van der Waals surface area contributed by atoms with E-state index in [1.165, 1.54) is 11.1 Å². The number of rotatable bonds is 3. The molecule has 0 bridgehead atoms. The lowest BCUT2D eigenvalue weighted by molar-refractivity contribution is 0.101. The van der Waals surface area contributed by atoms with Crippen LogP contribution in [-0.2, 0) is 20.0 Å². The van der Waals surface area contributed by atoms with Crippen LogP contribution >= 0.6 is 0 Å². The number of hydrogen-bond donors (Lipinski definition) is 1. The largest absolute Gasteiger partial charge is 0.327 e. The lowest BCUT2D eigenvalue weighted by Crippen LogP contribution is -2.27. The molecule has 1 aliphatic heterocycles. The van der Waals surface area contributed by atoms with E-state index in [1.54, 1.807) is 0 Å². The zero-order valence-electron chi connectivity index (χ0n) is 16.0. The Labute approximate surface area is 159 Å². The normalized spacial score (nSPS) is 14.0. The molecule has 2 heterocycles. The van der Waals surface area contributed by atoms with Gasteiger partial charge in [-0.05, 0) is 42.8 Å². The number of anilines is 1. The van der Waals surface area contributed by atoms with Crippen molar-refractivity contribution in [3.05, 3.63) is 71.3 Å². The summed E-state index contributed by atoms with van der Waals surface area (Å²) in [5.74, 6) is 0.299. The Morgan fingerprint density at radius 2 is 1.93 bits per heavy atom. The van der Waals surface area contributed by atoms with Gasteiger partial charge in [0.2, 0.25) is 0 Å². The average Bonchev–Trinajstić information content (AvgIpc) is 2.98. The predicted molar refractivity (Wildman–Crippen MR) is 108 cm³/mol. The predicted octanol–water partition coefficient (Wildman–Crippen LogP) is 3.64. The van der Waals surface area contributed by atoms with Crippen molar-refractivity contribution in [2.24, 2.45) is 7.05 Å². The molecule has 2 aromatic carbocycles.